The van der Waals surface area contributed by atoms with E-state index in [9.17, 15) is 19.8 Å². The van der Waals surface area contributed by atoms with Crippen LogP contribution in [-0.2, 0) is 16.1 Å². The lowest BCUT2D eigenvalue weighted by Crippen LogP contribution is -2.63. The van der Waals surface area contributed by atoms with E-state index in [1.54, 1.807) is 31.1 Å². The Morgan fingerprint density at radius 1 is 1.39 bits per heavy atom. The van der Waals surface area contributed by atoms with E-state index in [0.29, 0.717) is 5.25 Å². The van der Waals surface area contributed by atoms with Gasteiger partial charge in [-0.05, 0) is 37.6 Å². The Morgan fingerprint density at radius 2 is 2.11 bits per heavy atom. The fourth-order valence-corrected chi connectivity index (χ4v) is 6.16. The summed E-state index contributed by atoms with van der Waals surface area (Å²) in [6.45, 7) is 6.28. The number of amides is 1. The number of likely N-dealkylation sites (tertiary alicyclic amines) is 1. The molecule has 7 nitrogen and oxygen atoms in total. The summed E-state index contributed by atoms with van der Waals surface area (Å²) in [4.78, 5) is 32.9. The monoisotopic (exact) mass is 403 g/mol. The summed E-state index contributed by atoms with van der Waals surface area (Å²) in [5.74, 6) is -1.90. The van der Waals surface area contributed by atoms with E-state index in [-0.39, 0.29) is 23.6 Å². The van der Waals surface area contributed by atoms with Crippen LogP contribution in [0.25, 0.3) is 0 Å². The lowest BCUT2D eigenvalue weighted by atomic mass is 9.79. The highest BCUT2D eigenvalue weighted by atomic mass is 32.2. The zero-order valence-corrected chi connectivity index (χ0v) is 16.8. The molecule has 1 amide bonds. The summed E-state index contributed by atoms with van der Waals surface area (Å²) in [6, 6.07) is 3.78. The number of hydrogen-bond donors (Lipinski definition) is 2. The molecule has 4 heterocycles. The largest absolute Gasteiger partial charge is 0.477 e. The highest BCUT2D eigenvalue weighted by Gasteiger charge is 2.60. The van der Waals surface area contributed by atoms with Crippen molar-refractivity contribution in [2.45, 2.75) is 44.2 Å². The second kappa shape index (κ2) is 7.50. The number of carbonyl (C=O) groups excluding carboxylic acids is 1. The minimum atomic E-state index is -1.05. The van der Waals surface area contributed by atoms with Crippen molar-refractivity contribution in [1.29, 1.82) is 0 Å². The maximum atomic E-state index is 12.4. The number of pyridine rings is 1. The first-order valence-electron chi connectivity index (χ1n) is 9.65. The minimum absolute atomic E-state index is 0.0670. The van der Waals surface area contributed by atoms with Crippen molar-refractivity contribution in [3.63, 3.8) is 0 Å². The van der Waals surface area contributed by atoms with Crippen LogP contribution in [0.2, 0.25) is 0 Å². The molecule has 2 saturated heterocycles. The van der Waals surface area contributed by atoms with Gasteiger partial charge in [0.25, 0.3) is 0 Å². The Bertz CT molecular complexity index is 813. The molecule has 0 radical (unpaired) electrons. The van der Waals surface area contributed by atoms with Crippen molar-refractivity contribution in [3.05, 3.63) is 40.7 Å². The number of thioether (sulfide) groups is 1. The number of fused-ring (bicyclic) bond motifs is 1. The summed E-state index contributed by atoms with van der Waals surface area (Å²) in [7, 11) is 0. The third kappa shape index (κ3) is 3.23. The highest BCUT2D eigenvalue weighted by Crippen LogP contribution is 2.51. The Labute approximate surface area is 168 Å². The molecule has 1 unspecified atom stereocenters. The van der Waals surface area contributed by atoms with Gasteiger partial charge in [0.1, 0.15) is 5.70 Å². The molecule has 3 aliphatic rings. The van der Waals surface area contributed by atoms with Crippen molar-refractivity contribution in [3.8, 4) is 0 Å². The number of β-lactam (4-membered cyclic amide) rings is 1. The van der Waals surface area contributed by atoms with Crippen LogP contribution in [0.1, 0.15) is 25.8 Å². The Morgan fingerprint density at radius 3 is 2.75 bits per heavy atom. The van der Waals surface area contributed by atoms with E-state index in [1.165, 1.54) is 10.5 Å². The lowest BCUT2D eigenvalue weighted by molar-refractivity contribution is -0.163. The van der Waals surface area contributed by atoms with Crippen molar-refractivity contribution < 1.29 is 19.8 Å². The SMILES string of the molecule is C[C@@H](O)[C@H]1C(=O)N2C(C(=O)O)=C(SC3CCN(Cc4ccncc4)C3)[C@H](C)[C@H]12. The fraction of sp³-hybridized carbons (Fsp3) is 0.550. The van der Waals surface area contributed by atoms with E-state index in [4.69, 9.17) is 0 Å². The number of aliphatic hydroxyl groups excluding tert-OH is 1. The van der Waals surface area contributed by atoms with Gasteiger partial charge in [-0.25, -0.2) is 4.79 Å². The molecule has 8 heteroatoms. The predicted octanol–water partition coefficient (Wildman–Crippen LogP) is 1.54. The second-order valence-corrected chi connectivity index (χ2v) is 9.23. The number of rotatable bonds is 6. The van der Waals surface area contributed by atoms with Crippen molar-refractivity contribution in [2.24, 2.45) is 11.8 Å². The average molecular weight is 404 g/mol. The molecule has 5 atom stereocenters. The van der Waals surface area contributed by atoms with Crippen molar-refractivity contribution in [2.75, 3.05) is 13.1 Å². The molecule has 28 heavy (non-hydrogen) atoms. The van der Waals surface area contributed by atoms with Gasteiger partial charge in [-0.15, -0.1) is 11.8 Å². The Hall–Kier alpha value is -1.90. The zero-order valence-electron chi connectivity index (χ0n) is 16.0. The number of carboxylic acid groups (broad SMARTS) is 1. The van der Waals surface area contributed by atoms with E-state index in [2.05, 4.69) is 9.88 Å². The van der Waals surface area contributed by atoms with Gasteiger partial charge in [-0.1, -0.05) is 6.92 Å². The number of nitrogens with zero attached hydrogens (tertiary/aromatic N) is 3. The molecule has 0 aliphatic carbocycles. The lowest BCUT2D eigenvalue weighted by Gasteiger charge is -2.46. The zero-order chi connectivity index (χ0) is 20.0. The van der Waals surface area contributed by atoms with E-state index < -0.39 is 18.0 Å². The smallest absolute Gasteiger partial charge is 0.353 e. The van der Waals surface area contributed by atoms with E-state index in [1.807, 2.05) is 19.1 Å². The number of carbonyl (C=O) groups is 2. The maximum Gasteiger partial charge on any atom is 0.353 e. The first-order chi connectivity index (χ1) is 13.4. The quantitative estimate of drug-likeness (QED) is 0.696. The van der Waals surface area contributed by atoms with Crippen LogP contribution in [0, 0.1) is 11.8 Å². The molecule has 0 saturated carbocycles. The predicted molar refractivity (Wildman–Crippen MR) is 105 cm³/mol. The molecule has 1 aromatic rings. The number of aromatic nitrogens is 1. The standard InChI is InChI=1S/C20H25N3O4S/c1-11-16-15(12(2)24)19(25)23(16)17(20(26)27)18(11)28-14-5-8-22(10-14)9-13-3-6-21-7-4-13/h3-4,6-7,11-12,14-16,24H,5,8-10H2,1-2H3,(H,26,27)/t11-,12-,14?,15-,16-/m1/s1. The summed E-state index contributed by atoms with van der Waals surface area (Å²) in [5.41, 5.74) is 1.34. The Kier molecular flexibility index (Phi) is 5.20. The van der Waals surface area contributed by atoms with Gasteiger partial charge in [0.15, 0.2) is 0 Å². The summed E-state index contributed by atoms with van der Waals surface area (Å²) in [5, 5.41) is 20.0. The molecule has 0 bridgehead atoms. The minimum Gasteiger partial charge on any atom is -0.477 e. The normalized spacial score (nSPS) is 31.1. The van der Waals surface area contributed by atoms with Gasteiger partial charge < -0.3 is 15.1 Å². The first-order valence-corrected chi connectivity index (χ1v) is 10.5. The number of aliphatic carboxylic acids is 1. The molecule has 2 N–H and O–H groups in total. The van der Waals surface area contributed by atoms with Gasteiger partial charge in [0.05, 0.1) is 18.1 Å². The number of carboxylic acids is 1. The summed E-state index contributed by atoms with van der Waals surface area (Å²) < 4.78 is 0. The third-order valence-corrected chi connectivity index (χ3v) is 7.53. The van der Waals surface area contributed by atoms with Gasteiger partial charge in [0, 0.05) is 41.6 Å². The molecule has 0 spiro atoms. The summed E-state index contributed by atoms with van der Waals surface area (Å²) >= 11 is 1.61. The molecule has 1 aromatic heterocycles. The van der Waals surface area contributed by atoms with Crippen LogP contribution in [0.5, 0.6) is 0 Å². The molecule has 0 aromatic carbocycles. The van der Waals surface area contributed by atoms with Crippen LogP contribution in [-0.4, -0.2) is 67.4 Å². The van der Waals surface area contributed by atoms with Crippen LogP contribution >= 0.6 is 11.8 Å². The third-order valence-electron chi connectivity index (χ3n) is 5.99. The van der Waals surface area contributed by atoms with Gasteiger partial charge in [0.2, 0.25) is 5.91 Å². The van der Waals surface area contributed by atoms with Crippen LogP contribution in [0.3, 0.4) is 0 Å². The van der Waals surface area contributed by atoms with Crippen LogP contribution in [0.15, 0.2) is 35.1 Å². The molecular formula is C20H25N3O4S. The molecule has 150 valence electrons. The van der Waals surface area contributed by atoms with Gasteiger partial charge >= 0.3 is 5.97 Å². The average Bonchev–Trinajstić information content (AvgIpc) is 3.17. The van der Waals surface area contributed by atoms with E-state index in [0.717, 1.165) is 31.0 Å². The van der Waals surface area contributed by atoms with Crippen LogP contribution < -0.4 is 0 Å². The van der Waals surface area contributed by atoms with Crippen molar-refractivity contribution >= 4 is 23.6 Å². The van der Waals surface area contributed by atoms with Crippen molar-refractivity contribution in [1.82, 2.24) is 14.8 Å². The van der Waals surface area contributed by atoms with E-state index >= 15 is 0 Å². The number of aliphatic hydroxyl groups is 1. The molecular weight excluding hydrogens is 378 g/mol. The molecule has 3 aliphatic heterocycles. The van der Waals surface area contributed by atoms with Crippen LogP contribution in [0.4, 0.5) is 0 Å². The summed E-state index contributed by atoms with van der Waals surface area (Å²) in [6.07, 6.45) is 3.80. The topological polar surface area (TPSA) is 94.0 Å². The highest BCUT2D eigenvalue weighted by molar-refractivity contribution is 8.03. The molecule has 2 fully saturated rings. The fourth-order valence-electron chi connectivity index (χ4n) is 4.64. The van der Waals surface area contributed by atoms with Gasteiger partial charge in [-0.3, -0.25) is 14.7 Å². The first kappa shape index (κ1) is 19.4. The number of hydrogen-bond acceptors (Lipinski definition) is 6. The van der Waals surface area contributed by atoms with Gasteiger partial charge in [-0.2, -0.15) is 0 Å². The Balaban J connectivity index is 1.47. The maximum absolute atomic E-state index is 12.4. The molecule has 4 rings (SSSR count). The second-order valence-electron chi connectivity index (χ2n) is 7.89.